The predicted molar refractivity (Wildman–Crippen MR) is 132 cm³/mol. The number of fused-ring (bicyclic) bond motifs is 1. The van der Waals surface area contributed by atoms with E-state index in [2.05, 4.69) is 44.4 Å². The molecule has 3 aromatic rings. The molecular weight excluding hydrogens is 533 g/mol. The van der Waals surface area contributed by atoms with Crippen LogP contribution in [0.15, 0.2) is 40.9 Å². The Hall–Kier alpha value is -2.97. The highest BCUT2D eigenvalue weighted by molar-refractivity contribution is 14.1. The average molecular weight is 557 g/mol. The fourth-order valence-corrected chi connectivity index (χ4v) is 4.32. The van der Waals surface area contributed by atoms with Crippen molar-refractivity contribution in [3.8, 4) is 34.7 Å². The molecule has 1 aliphatic carbocycles. The van der Waals surface area contributed by atoms with Gasteiger partial charge in [0.15, 0.2) is 0 Å². The smallest absolute Gasteiger partial charge is 0.258 e. The van der Waals surface area contributed by atoms with Gasteiger partial charge in [0.1, 0.15) is 11.8 Å². The van der Waals surface area contributed by atoms with E-state index in [1.165, 1.54) is 0 Å². The molecule has 1 atom stereocenters. The number of hydrogen-bond acceptors (Lipinski definition) is 7. The topological polar surface area (TPSA) is 104 Å². The fraction of sp³-hybridized carbons (Fsp3) is 0.333. The molecule has 170 valence electrons. The van der Waals surface area contributed by atoms with Crippen LogP contribution in [-0.2, 0) is 11.2 Å². The number of ether oxygens (including phenoxy) is 1. The number of hydrogen-bond donors (Lipinski definition) is 1. The van der Waals surface area contributed by atoms with Crippen LogP contribution in [0.5, 0.6) is 5.75 Å². The number of nitrogens with zero attached hydrogens (tertiary/aromatic N) is 4. The highest BCUT2D eigenvalue weighted by Crippen LogP contribution is 2.37. The number of halogens is 1. The molecule has 33 heavy (non-hydrogen) atoms. The Labute approximate surface area is 206 Å². The van der Waals surface area contributed by atoms with Crippen LogP contribution in [0, 0.1) is 11.3 Å². The van der Waals surface area contributed by atoms with Gasteiger partial charge in [-0.25, -0.2) is 3.11 Å². The summed E-state index contributed by atoms with van der Waals surface area (Å²) in [4.78, 5) is 16.8. The van der Waals surface area contributed by atoms with E-state index in [4.69, 9.17) is 9.26 Å². The van der Waals surface area contributed by atoms with Gasteiger partial charge in [-0.15, -0.1) is 0 Å². The number of nitrogens with one attached hydrogen (secondary N) is 1. The van der Waals surface area contributed by atoms with Gasteiger partial charge in [-0.05, 0) is 63.1 Å². The Morgan fingerprint density at radius 1 is 1.39 bits per heavy atom. The third kappa shape index (κ3) is 5.17. The Balaban J connectivity index is 1.59. The van der Waals surface area contributed by atoms with E-state index < -0.39 is 0 Å². The molecule has 0 radical (unpaired) electrons. The molecule has 0 aliphatic heterocycles. The number of likely N-dealkylation sites (N-methyl/N-ethyl adjacent to an activating group) is 1. The van der Waals surface area contributed by atoms with E-state index in [1.54, 1.807) is 18.2 Å². The van der Waals surface area contributed by atoms with Crippen LogP contribution in [0.4, 0.5) is 0 Å². The molecule has 2 aromatic carbocycles. The quantitative estimate of drug-likeness (QED) is 0.338. The number of carbonyl (C=O) groups is 1. The van der Waals surface area contributed by atoms with E-state index in [0.717, 1.165) is 29.5 Å². The van der Waals surface area contributed by atoms with Crippen molar-refractivity contribution in [2.45, 2.75) is 38.8 Å². The van der Waals surface area contributed by atoms with Crippen molar-refractivity contribution in [3.05, 3.63) is 53.1 Å². The van der Waals surface area contributed by atoms with Crippen molar-refractivity contribution in [2.24, 2.45) is 0 Å². The molecule has 4 rings (SSSR count). The van der Waals surface area contributed by atoms with Crippen LogP contribution in [0.3, 0.4) is 0 Å². The van der Waals surface area contributed by atoms with Crippen LogP contribution in [0.2, 0.25) is 0 Å². The summed E-state index contributed by atoms with van der Waals surface area (Å²) in [6.07, 6.45) is 1.62. The molecule has 0 saturated carbocycles. The SMILES string of the molecule is CC(C)Oc1ccc(-c2nc(-c3cccc4c3CC[C@@H]4NC(=O)CN(C)I)no2)cc1C#N. The predicted octanol–water partition coefficient (Wildman–Crippen LogP) is 4.45. The third-order valence-corrected chi connectivity index (χ3v) is 5.69. The van der Waals surface area contributed by atoms with E-state index in [9.17, 15) is 10.1 Å². The summed E-state index contributed by atoms with van der Waals surface area (Å²) in [5, 5.41) is 16.8. The van der Waals surface area contributed by atoms with Gasteiger partial charge in [-0.2, -0.15) is 10.2 Å². The highest BCUT2D eigenvalue weighted by Gasteiger charge is 2.28. The summed E-state index contributed by atoms with van der Waals surface area (Å²) in [5.74, 6) is 1.35. The molecule has 8 nitrogen and oxygen atoms in total. The minimum atomic E-state index is -0.0331. The van der Waals surface area contributed by atoms with Crippen LogP contribution in [0.1, 0.15) is 43.0 Å². The average Bonchev–Trinajstić information content (AvgIpc) is 3.41. The fourth-order valence-electron chi connectivity index (χ4n) is 4.01. The van der Waals surface area contributed by atoms with Crippen LogP contribution >= 0.6 is 22.9 Å². The van der Waals surface area contributed by atoms with Crippen molar-refractivity contribution < 1.29 is 14.1 Å². The molecule has 0 spiro atoms. The highest BCUT2D eigenvalue weighted by atomic mass is 127. The summed E-state index contributed by atoms with van der Waals surface area (Å²) in [5.41, 5.74) is 4.17. The monoisotopic (exact) mass is 557 g/mol. The normalized spacial score (nSPS) is 14.9. The lowest BCUT2D eigenvalue weighted by atomic mass is 10.0. The molecule has 1 N–H and O–H groups in total. The van der Waals surface area contributed by atoms with Crippen molar-refractivity contribution in [2.75, 3.05) is 13.6 Å². The maximum absolute atomic E-state index is 12.2. The molecule has 1 aromatic heterocycles. The molecule has 1 amide bonds. The maximum Gasteiger partial charge on any atom is 0.258 e. The van der Waals surface area contributed by atoms with Crippen molar-refractivity contribution >= 4 is 28.8 Å². The molecule has 0 fully saturated rings. The lowest BCUT2D eigenvalue weighted by Gasteiger charge is -2.16. The van der Waals surface area contributed by atoms with Crippen LogP contribution < -0.4 is 10.1 Å². The first-order valence-corrected chi connectivity index (χ1v) is 11.7. The first-order chi connectivity index (χ1) is 15.9. The van der Waals surface area contributed by atoms with Gasteiger partial charge >= 0.3 is 0 Å². The Morgan fingerprint density at radius 3 is 2.94 bits per heavy atom. The van der Waals surface area contributed by atoms with Gasteiger partial charge in [0, 0.05) is 34.0 Å². The minimum Gasteiger partial charge on any atom is -0.490 e. The first kappa shape index (κ1) is 23.2. The molecule has 0 saturated heterocycles. The van der Waals surface area contributed by atoms with Gasteiger partial charge in [-0.3, -0.25) is 4.79 Å². The summed E-state index contributed by atoms with van der Waals surface area (Å²) < 4.78 is 13.0. The minimum absolute atomic E-state index is 0.00445. The van der Waals surface area contributed by atoms with Crippen molar-refractivity contribution in [1.82, 2.24) is 18.6 Å². The molecule has 0 bridgehead atoms. The molecule has 1 heterocycles. The standard InChI is InChI=1S/C24H24IN5O3/c1-14(2)32-21-10-7-15(11-16(21)12-26)24-28-23(29-33-24)19-6-4-5-18-17(19)8-9-20(18)27-22(31)13-30(3)25/h4-7,10-11,14,20H,8-9,13H2,1-3H3,(H,27,31)/t20-/m0/s1. The van der Waals surface area contributed by atoms with E-state index >= 15 is 0 Å². The second-order valence-corrected chi connectivity index (χ2v) is 9.85. The third-order valence-electron chi connectivity index (χ3n) is 5.34. The van der Waals surface area contributed by atoms with Gasteiger partial charge in [0.2, 0.25) is 11.7 Å². The van der Waals surface area contributed by atoms with Crippen LogP contribution in [-0.4, -0.2) is 38.9 Å². The van der Waals surface area contributed by atoms with Gasteiger partial charge in [-0.1, -0.05) is 23.4 Å². The second kappa shape index (κ2) is 9.89. The summed E-state index contributed by atoms with van der Waals surface area (Å²) >= 11 is 2.10. The Bertz CT molecular complexity index is 1220. The van der Waals surface area contributed by atoms with Gasteiger partial charge in [0.05, 0.1) is 24.3 Å². The van der Waals surface area contributed by atoms with E-state index in [-0.39, 0.29) is 18.1 Å². The molecule has 1 aliphatic rings. The van der Waals surface area contributed by atoms with Crippen molar-refractivity contribution in [1.29, 1.82) is 5.26 Å². The first-order valence-electron chi connectivity index (χ1n) is 10.7. The van der Waals surface area contributed by atoms with Gasteiger partial charge < -0.3 is 14.6 Å². The lowest BCUT2D eigenvalue weighted by Crippen LogP contribution is -2.33. The number of benzene rings is 2. The maximum atomic E-state index is 12.2. The Morgan fingerprint density at radius 2 is 2.21 bits per heavy atom. The zero-order valence-electron chi connectivity index (χ0n) is 18.6. The summed E-state index contributed by atoms with van der Waals surface area (Å²) in [7, 11) is 1.86. The number of amides is 1. The van der Waals surface area contributed by atoms with E-state index in [0.29, 0.717) is 35.1 Å². The van der Waals surface area contributed by atoms with Gasteiger partial charge in [0.25, 0.3) is 5.89 Å². The van der Waals surface area contributed by atoms with Crippen molar-refractivity contribution in [3.63, 3.8) is 0 Å². The molecule has 9 heteroatoms. The lowest BCUT2D eigenvalue weighted by molar-refractivity contribution is -0.121. The number of rotatable bonds is 7. The zero-order chi connectivity index (χ0) is 23.5. The second-order valence-electron chi connectivity index (χ2n) is 8.21. The largest absolute Gasteiger partial charge is 0.490 e. The number of aromatic nitrogens is 2. The van der Waals surface area contributed by atoms with E-state index in [1.807, 2.05) is 42.2 Å². The summed E-state index contributed by atoms with van der Waals surface area (Å²) in [6, 6.07) is 13.3. The summed E-state index contributed by atoms with van der Waals surface area (Å²) in [6.45, 7) is 4.16. The number of nitriles is 1. The molecule has 0 unspecified atom stereocenters. The van der Waals surface area contributed by atoms with Crippen LogP contribution in [0.25, 0.3) is 22.8 Å². The molecular formula is C24H24IN5O3. The number of carbonyl (C=O) groups excluding carboxylic acids is 1. The zero-order valence-corrected chi connectivity index (χ0v) is 20.8. The Kier molecular flexibility index (Phi) is 6.95.